The van der Waals surface area contributed by atoms with Gasteiger partial charge in [-0.25, -0.2) is 4.79 Å². The lowest BCUT2D eigenvalue weighted by Crippen LogP contribution is -2.68. The minimum Gasteiger partial charge on any atom is -0.376 e. The van der Waals surface area contributed by atoms with Crippen molar-refractivity contribution in [2.45, 2.75) is 12.0 Å². The SMILES string of the molecule is CN1C(=O)N(C)C(=O)C2(C1=O)[C@H](c1ccccc1)c1c(ccc3ccccc13)N[C@H]2c1ccccc1. The molecule has 178 valence electrons. The molecule has 0 aromatic heterocycles. The standard InChI is InChI=1S/C30H25N3O3/c1-32-27(34)30(28(35)33(2)29(32)36)25(20-12-5-3-6-13-20)24-22-16-10-9-11-19(22)17-18-23(24)31-26(30)21-14-7-4-8-15-21/h3-18,25-26,31H,1-2H3/t25-,26+/m1/s1. The predicted octanol–water partition coefficient (Wildman–Crippen LogP) is 5.18. The van der Waals surface area contributed by atoms with Gasteiger partial charge in [-0.1, -0.05) is 91.0 Å². The number of nitrogens with zero attached hydrogens (tertiary/aromatic N) is 2. The second kappa shape index (κ2) is 8.05. The molecule has 6 nitrogen and oxygen atoms in total. The van der Waals surface area contributed by atoms with E-state index in [1.54, 1.807) is 0 Å². The summed E-state index contributed by atoms with van der Waals surface area (Å²) in [6, 6.07) is 30.0. The summed E-state index contributed by atoms with van der Waals surface area (Å²) in [5.74, 6) is -1.65. The second-order valence-electron chi connectivity index (χ2n) is 9.46. The number of benzene rings is 4. The number of hydrogen-bond donors (Lipinski definition) is 1. The molecule has 6 heteroatoms. The molecular formula is C30H25N3O3. The third kappa shape index (κ3) is 2.87. The summed E-state index contributed by atoms with van der Waals surface area (Å²) in [6.07, 6.45) is 0. The Morgan fingerprint density at radius 1 is 0.667 bits per heavy atom. The van der Waals surface area contributed by atoms with Crippen molar-refractivity contribution in [1.82, 2.24) is 9.80 Å². The molecule has 0 bridgehead atoms. The molecule has 2 atom stereocenters. The largest absolute Gasteiger partial charge is 0.376 e. The van der Waals surface area contributed by atoms with E-state index in [0.717, 1.165) is 43.0 Å². The van der Waals surface area contributed by atoms with Gasteiger partial charge in [0.05, 0.1) is 6.04 Å². The molecule has 0 aliphatic carbocycles. The van der Waals surface area contributed by atoms with Crippen LogP contribution in [0.15, 0.2) is 97.1 Å². The molecule has 4 amide bonds. The highest BCUT2D eigenvalue weighted by molar-refractivity contribution is 6.21. The van der Waals surface area contributed by atoms with E-state index in [4.69, 9.17) is 0 Å². The number of anilines is 1. The van der Waals surface area contributed by atoms with Crippen molar-refractivity contribution < 1.29 is 14.4 Å². The Morgan fingerprint density at radius 2 is 1.22 bits per heavy atom. The Bertz CT molecular complexity index is 1490. The fraction of sp³-hybridized carbons (Fsp3) is 0.167. The fourth-order valence-electron chi connectivity index (χ4n) is 6.00. The second-order valence-corrected chi connectivity index (χ2v) is 9.46. The van der Waals surface area contributed by atoms with Crippen LogP contribution in [0.1, 0.15) is 28.7 Å². The van der Waals surface area contributed by atoms with E-state index in [0.29, 0.717) is 0 Å². The van der Waals surface area contributed by atoms with Crippen LogP contribution < -0.4 is 5.32 Å². The van der Waals surface area contributed by atoms with Crippen LogP contribution in [0.25, 0.3) is 10.8 Å². The molecule has 1 saturated heterocycles. The normalized spacial score (nSPS) is 21.0. The predicted molar refractivity (Wildman–Crippen MR) is 138 cm³/mol. The summed E-state index contributed by atoms with van der Waals surface area (Å²) in [5, 5.41) is 5.55. The lowest BCUT2D eigenvalue weighted by Gasteiger charge is -2.53. The number of nitrogens with one attached hydrogen (secondary N) is 1. The van der Waals surface area contributed by atoms with E-state index in [9.17, 15) is 14.4 Å². The molecule has 4 aromatic carbocycles. The zero-order valence-electron chi connectivity index (χ0n) is 20.0. The van der Waals surface area contributed by atoms with E-state index in [2.05, 4.69) is 11.4 Å². The van der Waals surface area contributed by atoms with Gasteiger partial charge >= 0.3 is 6.03 Å². The molecule has 36 heavy (non-hydrogen) atoms. The van der Waals surface area contributed by atoms with Crippen LogP contribution in [0.4, 0.5) is 10.5 Å². The van der Waals surface area contributed by atoms with Gasteiger partial charge in [0.2, 0.25) is 11.8 Å². The molecule has 2 heterocycles. The first-order valence-electron chi connectivity index (χ1n) is 11.9. The van der Waals surface area contributed by atoms with Gasteiger partial charge < -0.3 is 5.32 Å². The lowest BCUT2D eigenvalue weighted by molar-refractivity contribution is -0.160. The Morgan fingerprint density at radius 3 is 1.86 bits per heavy atom. The van der Waals surface area contributed by atoms with Gasteiger partial charge in [0, 0.05) is 25.7 Å². The Hall–Kier alpha value is -4.45. The minimum atomic E-state index is -1.63. The van der Waals surface area contributed by atoms with Gasteiger partial charge in [-0.3, -0.25) is 19.4 Å². The highest BCUT2D eigenvalue weighted by Crippen LogP contribution is 2.59. The van der Waals surface area contributed by atoms with Crippen LogP contribution in [-0.2, 0) is 9.59 Å². The van der Waals surface area contributed by atoms with E-state index in [1.165, 1.54) is 14.1 Å². The van der Waals surface area contributed by atoms with Gasteiger partial charge in [0.15, 0.2) is 5.41 Å². The summed E-state index contributed by atoms with van der Waals surface area (Å²) >= 11 is 0. The first kappa shape index (κ1) is 22.0. The quantitative estimate of drug-likeness (QED) is 0.406. The average Bonchev–Trinajstić information content (AvgIpc) is 2.94. The van der Waals surface area contributed by atoms with Gasteiger partial charge in [-0.05, 0) is 33.5 Å². The van der Waals surface area contributed by atoms with Gasteiger partial charge in [-0.2, -0.15) is 0 Å². The van der Waals surface area contributed by atoms with Gasteiger partial charge in [0.1, 0.15) is 0 Å². The van der Waals surface area contributed by atoms with E-state index >= 15 is 0 Å². The summed E-state index contributed by atoms with van der Waals surface area (Å²) < 4.78 is 0. The monoisotopic (exact) mass is 475 g/mol. The van der Waals surface area contributed by atoms with E-state index < -0.39 is 35.2 Å². The molecule has 4 aromatic rings. The van der Waals surface area contributed by atoms with Crippen molar-refractivity contribution in [2.24, 2.45) is 5.41 Å². The molecule has 1 fully saturated rings. The zero-order valence-corrected chi connectivity index (χ0v) is 20.0. The topological polar surface area (TPSA) is 69.7 Å². The van der Waals surface area contributed by atoms with Crippen LogP contribution in [-0.4, -0.2) is 41.7 Å². The first-order chi connectivity index (χ1) is 17.5. The smallest absolute Gasteiger partial charge is 0.332 e. The number of rotatable bonds is 2. The van der Waals surface area contributed by atoms with Crippen LogP contribution in [0.3, 0.4) is 0 Å². The third-order valence-electron chi connectivity index (χ3n) is 7.63. The third-order valence-corrected chi connectivity index (χ3v) is 7.63. The first-order valence-corrected chi connectivity index (χ1v) is 11.9. The number of amides is 4. The van der Waals surface area contributed by atoms with Crippen LogP contribution in [0.2, 0.25) is 0 Å². The molecule has 2 aliphatic heterocycles. The van der Waals surface area contributed by atoms with Crippen molar-refractivity contribution in [2.75, 3.05) is 19.4 Å². The fourth-order valence-corrected chi connectivity index (χ4v) is 6.00. The molecule has 1 spiro atoms. The highest BCUT2D eigenvalue weighted by atomic mass is 16.2. The number of carbonyl (C=O) groups excluding carboxylic acids is 3. The molecule has 0 unspecified atom stereocenters. The Kier molecular flexibility index (Phi) is 4.93. The number of imide groups is 2. The van der Waals surface area contributed by atoms with Crippen molar-refractivity contribution in [1.29, 1.82) is 0 Å². The molecule has 2 aliphatic rings. The maximum absolute atomic E-state index is 14.4. The molecule has 6 rings (SSSR count). The van der Waals surface area contributed by atoms with Gasteiger partial charge in [0.25, 0.3) is 0 Å². The number of carbonyl (C=O) groups is 3. The highest BCUT2D eigenvalue weighted by Gasteiger charge is 2.66. The molecule has 0 radical (unpaired) electrons. The molecule has 0 saturated carbocycles. The van der Waals surface area contributed by atoms with Crippen molar-refractivity contribution >= 4 is 34.3 Å². The van der Waals surface area contributed by atoms with Gasteiger partial charge in [-0.15, -0.1) is 0 Å². The summed E-state index contributed by atoms with van der Waals surface area (Å²) in [6.45, 7) is 0. The van der Waals surface area contributed by atoms with Crippen LogP contribution >= 0.6 is 0 Å². The van der Waals surface area contributed by atoms with Crippen LogP contribution in [0.5, 0.6) is 0 Å². The number of barbiturate groups is 1. The number of urea groups is 1. The summed E-state index contributed by atoms with van der Waals surface area (Å²) in [4.78, 5) is 43.9. The van der Waals surface area contributed by atoms with E-state index in [1.807, 2.05) is 91.0 Å². The number of hydrogen-bond acceptors (Lipinski definition) is 4. The zero-order chi connectivity index (χ0) is 25.0. The molecular weight excluding hydrogens is 450 g/mol. The lowest BCUT2D eigenvalue weighted by atomic mass is 9.58. The maximum atomic E-state index is 14.4. The van der Waals surface area contributed by atoms with E-state index in [-0.39, 0.29) is 0 Å². The number of fused-ring (bicyclic) bond motifs is 3. The van der Waals surface area contributed by atoms with Crippen molar-refractivity contribution in [3.8, 4) is 0 Å². The maximum Gasteiger partial charge on any atom is 0.332 e. The average molecular weight is 476 g/mol. The van der Waals surface area contributed by atoms with Crippen molar-refractivity contribution in [3.63, 3.8) is 0 Å². The minimum absolute atomic E-state index is 0.510. The van der Waals surface area contributed by atoms with Crippen LogP contribution in [0, 0.1) is 5.41 Å². The van der Waals surface area contributed by atoms with Crippen molar-refractivity contribution in [3.05, 3.63) is 114 Å². The summed E-state index contributed by atoms with van der Waals surface area (Å²) in [7, 11) is 2.91. The summed E-state index contributed by atoms with van der Waals surface area (Å²) in [5.41, 5.74) is 1.76. The Balaban J connectivity index is 1.77. The molecule has 1 N–H and O–H groups in total. The Labute approximate surface area is 209 Å².